The highest BCUT2D eigenvalue weighted by atomic mass is 16.5. The lowest BCUT2D eigenvalue weighted by Crippen LogP contribution is -2.27. The van der Waals surface area contributed by atoms with Crippen molar-refractivity contribution in [2.75, 3.05) is 6.61 Å². The molecule has 0 amide bonds. The molecule has 2 aromatic heterocycles. The van der Waals surface area contributed by atoms with Crippen LogP contribution in [0, 0.1) is 0 Å². The lowest BCUT2D eigenvalue weighted by Gasteiger charge is -2.09. The monoisotopic (exact) mass is 401 g/mol. The van der Waals surface area contributed by atoms with Crippen LogP contribution in [0.1, 0.15) is 16.1 Å². The van der Waals surface area contributed by atoms with Gasteiger partial charge >= 0.3 is 5.97 Å². The summed E-state index contributed by atoms with van der Waals surface area (Å²) in [5, 5.41) is 5.08. The Morgan fingerprint density at radius 1 is 0.933 bits per heavy atom. The second-order valence-corrected chi connectivity index (χ2v) is 6.51. The Hall–Kier alpha value is -4.00. The molecule has 0 atom stereocenters. The third kappa shape index (κ3) is 4.52. The lowest BCUT2D eigenvalue weighted by atomic mass is 10.1. The van der Waals surface area contributed by atoms with Crippen molar-refractivity contribution in [1.82, 2.24) is 14.8 Å². The summed E-state index contributed by atoms with van der Waals surface area (Å²) in [5.41, 5.74) is 1.32. The minimum absolute atomic E-state index is 0.0579. The summed E-state index contributed by atoms with van der Waals surface area (Å²) in [6.07, 6.45) is 1.70. The van der Waals surface area contributed by atoms with Crippen molar-refractivity contribution < 1.29 is 14.3 Å². The highest BCUT2D eigenvalue weighted by molar-refractivity contribution is 5.87. The standard InChI is InChI=1S/C23H19N3O4/c27-21-12-11-20(25-26(21)14-15-29-19-9-2-1-3-10-19)23(28)30-16-18-7-4-6-17-8-5-13-24-22(17)18/h1-13H,14-16H2. The fourth-order valence-electron chi connectivity index (χ4n) is 2.99. The number of benzene rings is 2. The molecule has 7 nitrogen and oxygen atoms in total. The summed E-state index contributed by atoms with van der Waals surface area (Å²) >= 11 is 0. The minimum Gasteiger partial charge on any atom is -0.492 e. The lowest BCUT2D eigenvalue weighted by molar-refractivity contribution is 0.0463. The van der Waals surface area contributed by atoms with E-state index in [2.05, 4.69) is 10.1 Å². The zero-order valence-corrected chi connectivity index (χ0v) is 16.1. The Morgan fingerprint density at radius 2 is 1.77 bits per heavy atom. The van der Waals surface area contributed by atoms with Crippen LogP contribution in [0.15, 0.2) is 83.8 Å². The fraction of sp³-hybridized carbons (Fsp3) is 0.130. The fourth-order valence-corrected chi connectivity index (χ4v) is 2.99. The van der Waals surface area contributed by atoms with Gasteiger partial charge in [-0.3, -0.25) is 9.78 Å². The number of pyridine rings is 1. The van der Waals surface area contributed by atoms with Gasteiger partial charge in [0.15, 0.2) is 5.69 Å². The molecule has 30 heavy (non-hydrogen) atoms. The van der Waals surface area contributed by atoms with Crippen LogP contribution in [-0.4, -0.2) is 27.3 Å². The molecular weight excluding hydrogens is 382 g/mol. The van der Waals surface area contributed by atoms with Crippen molar-refractivity contribution in [3.8, 4) is 5.75 Å². The number of esters is 1. The first kappa shape index (κ1) is 19.3. The van der Waals surface area contributed by atoms with Crippen molar-refractivity contribution in [3.63, 3.8) is 0 Å². The van der Waals surface area contributed by atoms with E-state index in [1.165, 1.54) is 16.8 Å². The molecule has 4 aromatic rings. The summed E-state index contributed by atoms with van der Waals surface area (Å²) in [6, 6.07) is 21.4. The quantitative estimate of drug-likeness (QED) is 0.442. The first-order chi connectivity index (χ1) is 14.7. The van der Waals surface area contributed by atoms with E-state index in [1.54, 1.807) is 6.20 Å². The molecule has 0 spiro atoms. The third-order valence-electron chi connectivity index (χ3n) is 4.47. The number of carbonyl (C=O) groups is 1. The van der Waals surface area contributed by atoms with E-state index in [1.807, 2.05) is 60.7 Å². The second-order valence-electron chi connectivity index (χ2n) is 6.51. The topological polar surface area (TPSA) is 83.3 Å². The number of carbonyl (C=O) groups excluding carboxylic acids is 1. The van der Waals surface area contributed by atoms with Crippen molar-refractivity contribution in [2.24, 2.45) is 0 Å². The molecule has 0 N–H and O–H groups in total. The summed E-state index contributed by atoms with van der Waals surface area (Å²) in [5.74, 6) is 0.0884. The summed E-state index contributed by atoms with van der Waals surface area (Å²) < 4.78 is 12.2. The molecule has 0 aliphatic heterocycles. The van der Waals surface area contributed by atoms with Gasteiger partial charge in [0.25, 0.3) is 5.56 Å². The average molecular weight is 401 g/mol. The van der Waals surface area contributed by atoms with E-state index in [-0.39, 0.29) is 31.0 Å². The molecule has 0 aliphatic carbocycles. The van der Waals surface area contributed by atoms with Gasteiger partial charge in [0.1, 0.15) is 19.0 Å². The molecule has 7 heteroatoms. The zero-order chi connectivity index (χ0) is 20.8. The predicted octanol–water partition coefficient (Wildman–Crippen LogP) is 3.23. The Kier molecular flexibility index (Phi) is 5.80. The Bertz CT molecular complexity index is 1220. The normalized spacial score (nSPS) is 10.7. The van der Waals surface area contributed by atoms with Gasteiger partial charge < -0.3 is 9.47 Å². The maximum atomic E-state index is 12.5. The summed E-state index contributed by atoms with van der Waals surface area (Å²) in [6.45, 7) is 0.518. The molecule has 2 aromatic carbocycles. The molecular formula is C23H19N3O4. The molecule has 0 saturated carbocycles. The van der Waals surface area contributed by atoms with Crippen molar-refractivity contribution in [1.29, 1.82) is 0 Å². The molecule has 0 bridgehead atoms. The number of hydrogen-bond acceptors (Lipinski definition) is 6. The average Bonchev–Trinajstić information content (AvgIpc) is 2.79. The SMILES string of the molecule is O=C(OCc1cccc2cccnc12)c1ccc(=O)n(CCOc2ccccc2)n1. The van der Waals surface area contributed by atoms with E-state index < -0.39 is 5.97 Å². The smallest absolute Gasteiger partial charge is 0.359 e. The van der Waals surface area contributed by atoms with Crippen molar-refractivity contribution in [3.05, 3.63) is 101 Å². The largest absolute Gasteiger partial charge is 0.492 e. The van der Waals surface area contributed by atoms with Gasteiger partial charge in [-0.1, -0.05) is 42.5 Å². The summed E-state index contributed by atoms with van der Waals surface area (Å²) in [7, 11) is 0. The predicted molar refractivity (Wildman–Crippen MR) is 111 cm³/mol. The molecule has 0 fully saturated rings. The number of para-hydroxylation sites is 2. The maximum Gasteiger partial charge on any atom is 0.359 e. The van der Waals surface area contributed by atoms with Crippen LogP contribution < -0.4 is 10.3 Å². The summed E-state index contributed by atoms with van der Waals surface area (Å²) in [4.78, 5) is 28.9. The highest BCUT2D eigenvalue weighted by Gasteiger charge is 2.13. The Labute approximate surface area is 172 Å². The van der Waals surface area contributed by atoms with Crippen LogP contribution in [0.5, 0.6) is 5.75 Å². The van der Waals surface area contributed by atoms with E-state index in [4.69, 9.17) is 9.47 Å². The maximum absolute atomic E-state index is 12.5. The first-order valence-electron chi connectivity index (χ1n) is 9.46. The van der Waals surface area contributed by atoms with Crippen LogP contribution in [-0.2, 0) is 17.9 Å². The van der Waals surface area contributed by atoms with Gasteiger partial charge in [0.2, 0.25) is 0 Å². The number of ether oxygens (including phenoxy) is 2. The van der Waals surface area contributed by atoms with Crippen molar-refractivity contribution in [2.45, 2.75) is 13.2 Å². The zero-order valence-electron chi connectivity index (χ0n) is 16.1. The van der Waals surface area contributed by atoms with Gasteiger partial charge in [0.05, 0.1) is 12.1 Å². The molecule has 4 rings (SSSR count). The van der Waals surface area contributed by atoms with Crippen LogP contribution in [0.3, 0.4) is 0 Å². The molecule has 0 radical (unpaired) electrons. The van der Waals surface area contributed by atoms with Crippen LogP contribution in [0.2, 0.25) is 0 Å². The van der Waals surface area contributed by atoms with Gasteiger partial charge in [-0.05, 0) is 24.3 Å². The van der Waals surface area contributed by atoms with E-state index in [9.17, 15) is 9.59 Å². The van der Waals surface area contributed by atoms with Crippen LogP contribution in [0.25, 0.3) is 10.9 Å². The van der Waals surface area contributed by atoms with E-state index in [0.29, 0.717) is 5.75 Å². The molecule has 0 saturated heterocycles. The third-order valence-corrected chi connectivity index (χ3v) is 4.47. The highest BCUT2D eigenvalue weighted by Crippen LogP contribution is 2.17. The van der Waals surface area contributed by atoms with Gasteiger partial charge in [-0.15, -0.1) is 0 Å². The second kappa shape index (κ2) is 9.00. The van der Waals surface area contributed by atoms with Gasteiger partial charge in [-0.2, -0.15) is 5.10 Å². The number of rotatable bonds is 7. The molecule has 2 heterocycles. The van der Waals surface area contributed by atoms with Crippen molar-refractivity contribution >= 4 is 16.9 Å². The van der Waals surface area contributed by atoms with E-state index >= 15 is 0 Å². The molecule has 150 valence electrons. The molecule has 0 unspecified atom stereocenters. The number of fused-ring (bicyclic) bond motifs is 1. The first-order valence-corrected chi connectivity index (χ1v) is 9.46. The van der Waals surface area contributed by atoms with Crippen LogP contribution in [0.4, 0.5) is 0 Å². The Balaban J connectivity index is 1.41. The van der Waals surface area contributed by atoms with Gasteiger partial charge in [0, 0.05) is 23.2 Å². The number of aromatic nitrogens is 3. The number of hydrogen-bond donors (Lipinski definition) is 0. The number of nitrogens with zero attached hydrogens (tertiary/aromatic N) is 3. The minimum atomic E-state index is -0.610. The Morgan fingerprint density at radius 3 is 2.63 bits per heavy atom. The van der Waals surface area contributed by atoms with Gasteiger partial charge in [-0.25, -0.2) is 9.48 Å². The van der Waals surface area contributed by atoms with Crippen LogP contribution >= 0.6 is 0 Å². The van der Waals surface area contributed by atoms with E-state index in [0.717, 1.165) is 16.5 Å². The molecule has 0 aliphatic rings.